The Morgan fingerprint density at radius 1 is 1.47 bits per heavy atom. The highest BCUT2D eigenvalue weighted by molar-refractivity contribution is 5.39. The van der Waals surface area contributed by atoms with Gasteiger partial charge in [0.1, 0.15) is 5.75 Å². The van der Waals surface area contributed by atoms with Crippen molar-refractivity contribution in [2.45, 2.75) is 19.7 Å². The van der Waals surface area contributed by atoms with Gasteiger partial charge >= 0.3 is 6.36 Å². The minimum atomic E-state index is -4.75. The second-order valence-corrected chi connectivity index (χ2v) is 2.83. The van der Waals surface area contributed by atoms with Crippen LogP contribution >= 0.6 is 0 Å². The van der Waals surface area contributed by atoms with Crippen molar-refractivity contribution in [2.24, 2.45) is 0 Å². The number of alkyl halides is 3. The van der Waals surface area contributed by atoms with Gasteiger partial charge < -0.3 is 4.74 Å². The largest absolute Gasteiger partial charge is 0.573 e. The number of rotatable bonds is 2. The second kappa shape index (κ2) is 4.17. The predicted molar refractivity (Wildman–Crippen MR) is 45.0 cm³/mol. The fraction of sp³-hybridized carbons (Fsp3) is 0.333. The zero-order valence-corrected chi connectivity index (χ0v) is 7.80. The van der Waals surface area contributed by atoms with Crippen LogP contribution in [-0.4, -0.2) is 11.3 Å². The molecule has 0 bridgehead atoms. The van der Waals surface area contributed by atoms with E-state index < -0.39 is 6.36 Å². The van der Waals surface area contributed by atoms with Gasteiger partial charge in [-0.3, -0.25) is 4.98 Å². The van der Waals surface area contributed by atoms with Crippen LogP contribution in [-0.2, 0) is 6.42 Å². The minimum Gasteiger partial charge on any atom is -0.405 e. The van der Waals surface area contributed by atoms with Gasteiger partial charge in [-0.15, -0.1) is 13.2 Å². The summed E-state index contributed by atoms with van der Waals surface area (Å²) in [5, 5.41) is 8.42. The first kappa shape index (κ1) is 11.3. The molecule has 0 N–H and O–H groups in total. The first-order chi connectivity index (χ1) is 6.94. The summed E-state index contributed by atoms with van der Waals surface area (Å²) >= 11 is 0. The second-order valence-electron chi connectivity index (χ2n) is 2.83. The average molecular weight is 216 g/mol. The Morgan fingerprint density at radius 2 is 2.13 bits per heavy atom. The molecule has 0 aromatic carbocycles. The molecule has 1 aromatic heterocycles. The summed E-state index contributed by atoms with van der Waals surface area (Å²) in [6.07, 6.45) is -2.48. The van der Waals surface area contributed by atoms with Crippen molar-refractivity contribution in [1.29, 1.82) is 5.26 Å². The molecule has 0 spiro atoms. The van der Waals surface area contributed by atoms with E-state index in [4.69, 9.17) is 5.26 Å². The van der Waals surface area contributed by atoms with Gasteiger partial charge in [-0.25, -0.2) is 0 Å². The van der Waals surface area contributed by atoms with Crippen molar-refractivity contribution in [3.8, 4) is 11.8 Å². The lowest BCUT2D eigenvalue weighted by Gasteiger charge is -2.13. The van der Waals surface area contributed by atoms with Gasteiger partial charge in [-0.05, 0) is 6.92 Å². The molecule has 0 saturated heterocycles. The summed E-state index contributed by atoms with van der Waals surface area (Å²) in [4.78, 5) is 3.70. The Hall–Kier alpha value is -1.77. The standard InChI is InChI=1S/C9H7F3N2O/c1-6-4-14-5-7(2-3-13)8(6)15-9(10,11)12/h4-5H,2H2,1H3. The van der Waals surface area contributed by atoms with Gasteiger partial charge in [-0.1, -0.05) is 0 Å². The quantitative estimate of drug-likeness (QED) is 0.762. The number of nitriles is 1. The SMILES string of the molecule is Cc1cncc(CC#N)c1OC(F)(F)F. The number of halogens is 3. The molecule has 6 heteroatoms. The third kappa shape index (κ3) is 3.13. The van der Waals surface area contributed by atoms with Gasteiger partial charge in [0.2, 0.25) is 0 Å². The van der Waals surface area contributed by atoms with Crippen molar-refractivity contribution < 1.29 is 17.9 Å². The van der Waals surface area contributed by atoms with E-state index in [0.717, 1.165) is 0 Å². The highest BCUT2D eigenvalue weighted by Gasteiger charge is 2.32. The highest BCUT2D eigenvalue weighted by Crippen LogP contribution is 2.29. The molecule has 80 valence electrons. The number of ether oxygens (including phenoxy) is 1. The van der Waals surface area contributed by atoms with Crippen LogP contribution in [0.3, 0.4) is 0 Å². The molecule has 0 unspecified atom stereocenters. The van der Waals surface area contributed by atoms with Crippen molar-refractivity contribution in [1.82, 2.24) is 4.98 Å². The Bertz CT molecular complexity index is 395. The summed E-state index contributed by atoms with van der Waals surface area (Å²) in [5.74, 6) is -0.334. The van der Waals surface area contributed by atoms with Crippen LogP contribution < -0.4 is 4.74 Å². The van der Waals surface area contributed by atoms with Crippen molar-refractivity contribution in [3.05, 3.63) is 23.5 Å². The molecular weight excluding hydrogens is 209 g/mol. The molecule has 1 rings (SSSR count). The predicted octanol–water partition coefficient (Wildman–Crippen LogP) is 2.35. The van der Waals surface area contributed by atoms with E-state index in [9.17, 15) is 13.2 Å². The third-order valence-corrected chi connectivity index (χ3v) is 1.64. The van der Waals surface area contributed by atoms with Crippen molar-refractivity contribution in [3.63, 3.8) is 0 Å². The Balaban J connectivity index is 3.09. The summed E-state index contributed by atoms with van der Waals surface area (Å²) in [6.45, 7) is 1.44. The van der Waals surface area contributed by atoms with Crippen LogP contribution in [0.15, 0.2) is 12.4 Å². The monoisotopic (exact) mass is 216 g/mol. The van der Waals surface area contributed by atoms with E-state index >= 15 is 0 Å². The number of aromatic nitrogens is 1. The number of pyridine rings is 1. The summed E-state index contributed by atoms with van der Waals surface area (Å²) < 4.78 is 39.9. The smallest absolute Gasteiger partial charge is 0.405 e. The van der Waals surface area contributed by atoms with Crippen molar-refractivity contribution in [2.75, 3.05) is 0 Å². The lowest BCUT2D eigenvalue weighted by Crippen LogP contribution is -2.19. The minimum absolute atomic E-state index is 0.134. The van der Waals surface area contributed by atoms with Crippen molar-refractivity contribution >= 4 is 0 Å². The van der Waals surface area contributed by atoms with Gasteiger partial charge in [-0.2, -0.15) is 5.26 Å². The number of nitrogens with zero attached hydrogens (tertiary/aromatic N) is 2. The maximum absolute atomic E-state index is 12.0. The number of aryl methyl sites for hydroxylation is 1. The average Bonchev–Trinajstić information content (AvgIpc) is 2.10. The maximum Gasteiger partial charge on any atom is 0.573 e. The fourth-order valence-corrected chi connectivity index (χ4v) is 1.08. The maximum atomic E-state index is 12.0. The fourth-order valence-electron chi connectivity index (χ4n) is 1.08. The van der Waals surface area contributed by atoms with Gasteiger partial charge in [0.05, 0.1) is 12.5 Å². The van der Waals surface area contributed by atoms with E-state index in [1.807, 2.05) is 0 Å². The first-order valence-electron chi connectivity index (χ1n) is 4.00. The molecule has 0 saturated carbocycles. The van der Waals surface area contributed by atoms with E-state index in [1.54, 1.807) is 6.07 Å². The Labute approximate surface area is 84.1 Å². The first-order valence-corrected chi connectivity index (χ1v) is 4.00. The van der Waals surface area contributed by atoms with E-state index in [1.165, 1.54) is 19.3 Å². The molecule has 1 heterocycles. The van der Waals surface area contributed by atoms with Crippen LogP contribution in [0, 0.1) is 18.3 Å². The Kier molecular flexibility index (Phi) is 3.14. The van der Waals surface area contributed by atoms with Crippen LogP contribution in [0.5, 0.6) is 5.75 Å². The normalized spacial score (nSPS) is 10.9. The molecule has 15 heavy (non-hydrogen) atoms. The topological polar surface area (TPSA) is 45.9 Å². The molecule has 0 aliphatic heterocycles. The van der Waals surface area contributed by atoms with Gasteiger partial charge in [0.15, 0.2) is 0 Å². The molecule has 3 nitrogen and oxygen atoms in total. The number of hydrogen-bond donors (Lipinski definition) is 0. The van der Waals surface area contributed by atoms with Gasteiger partial charge in [0.25, 0.3) is 0 Å². The summed E-state index contributed by atoms with van der Waals surface area (Å²) in [7, 11) is 0. The molecule has 1 aromatic rings. The molecule has 0 radical (unpaired) electrons. The zero-order valence-electron chi connectivity index (χ0n) is 7.80. The molecule has 0 aliphatic carbocycles. The summed E-state index contributed by atoms with van der Waals surface area (Å²) in [5.41, 5.74) is 0.384. The highest BCUT2D eigenvalue weighted by atomic mass is 19.4. The van der Waals surface area contributed by atoms with Gasteiger partial charge in [0, 0.05) is 23.5 Å². The third-order valence-electron chi connectivity index (χ3n) is 1.64. The Morgan fingerprint density at radius 3 is 2.67 bits per heavy atom. The number of hydrogen-bond acceptors (Lipinski definition) is 3. The van der Waals surface area contributed by atoms with Crippen LogP contribution in [0.25, 0.3) is 0 Å². The molecule has 0 aliphatic rings. The molecule has 0 amide bonds. The van der Waals surface area contributed by atoms with Crippen LogP contribution in [0.4, 0.5) is 13.2 Å². The van der Waals surface area contributed by atoms with Crippen LogP contribution in [0.1, 0.15) is 11.1 Å². The van der Waals surface area contributed by atoms with E-state index in [0.29, 0.717) is 0 Å². The van der Waals surface area contributed by atoms with E-state index in [-0.39, 0.29) is 23.3 Å². The zero-order chi connectivity index (χ0) is 11.5. The lowest BCUT2D eigenvalue weighted by molar-refractivity contribution is -0.275. The molecule has 0 fully saturated rings. The lowest BCUT2D eigenvalue weighted by atomic mass is 10.1. The van der Waals surface area contributed by atoms with E-state index in [2.05, 4.69) is 9.72 Å². The molecular formula is C9H7F3N2O. The molecule has 0 atom stereocenters. The summed E-state index contributed by atoms with van der Waals surface area (Å²) in [6, 6.07) is 1.75. The van der Waals surface area contributed by atoms with Crippen LogP contribution in [0.2, 0.25) is 0 Å².